The van der Waals surface area contributed by atoms with Gasteiger partial charge in [-0.2, -0.15) is 5.26 Å². The van der Waals surface area contributed by atoms with Gasteiger partial charge in [-0.25, -0.2) is 0 Å². The molecule has 0 N–H and O–H groups in total. The second-order valence-corrected chi connectivity index (χ2v) is 4.13. The average molecular weight is 237 g/mol. The molecule has 0 amide bonds. The number of benzene rings is 2. The lowest BCUT2D eigenvalue weighted by Crippen LogP contribution is -1.86. The van der Waals surface area contributed by atoms with Crippen molar-refractivity contribution in [3.8, 4) is 5.40 Å². The number of nitriles is 1. The molecular weight excluding hydrogens is 226 g/mol. The maximum Gasteiger partial charge on any atom is 0.137 e. The molecule has 17 heavy (non-hydrogen) atoms. The molecule has 0 radical (unpaired) electrons. The third-order valence-electron chi connectivity index (χ3n) is 2.40. The van der Waals surface area contributed by atoms with Crippen LogP contribution in [0.4, 0.5) is 0 Å². The van der Waals surface area contributed by atoms with E-state index in [1.165, 1.54) is 0 Å². The first-order valence-corrected chi connectivity index (χ1v) is 6.15. The molecule has 2 rings (SSSR count). The summed E-state index contributed by atoms with van der Waals surface area (Å²) >= 11 is 1.15. The maximum absolute atomic E-state index is 8.68. The lowest BCUT2D eigenvalue weighted by molar-refractivity contribution is 1.55. The molecule has 1 nitrogen and oxygen atoms in total. The van der Waals surface area contributed by atoms with E-state index in [4.69, 9.17) is 5.26 Å². The lowest BCUT2D eigenvalue weighted by atomic mass is 10.00. The van der Waals surface area contributed by atoms with Crippen LogP contribution in [0.1, 0.15) is 11.1 Å². The highest BCUT2D eigenvalue weighted by Gasteiger charge is 2.03. The van der Waals surface area contributed by atoms with Gasteiger partial charge in [0, 0.05) is 0 Å². The van der Waals surface area contributed by atoms with Crippen molar-refractivity contribution >= 4 is 17.3 Å². The van der Waals surface area contributed by atoms with Gasteiger partial charge in [0.25, 0.3) is 0 Å². The minimum absolute atomic E-state index is 1.08. The molecule has 82 valence electrons. The van der Waals surface area contributed by atoms with Gasteiger partial charge in [-0.1, -0.05) is 60.7 Å². The summed E-state index contributed by atoms with van der Waals surface area (Å²) in [7, 11) is 0. The van der Waals surface area contributed by atoms with Crippen molar-refractivity contribution in [3.63, 3.8) is 0 Å². The first-order chi connectivity index (χ1) is 8.42. The van der Waals surface area contributed by atoms with E-state index in [9.17, 15) is 0 Å². The zero-order valence-corrected chi connectivity index (χ0v) is 10.0. The molecule has 2 aromatic carbocycles. The van der Waals surface area contributed by atoms with Crippen molar-refractivity contribution in [2.75, 3.05) is 0 Å². The molecule has 0 aliphatic rings. The summed E-state index contributed by atoms with van der Waals surface area (Å²) in [5, 5.41) is 12.6. The summed E-state index contributed by atoms with van der Waals surface area (Å²) < 4.78 is 0. The number of rotatable bonds is 3. The Morgan fingerprint density at radius 1 is 0.882 bits per heavy atom. The third kappa shape index (κ3) is 2.99. The number of nitrogens with zero attached hydrogens (tertiary/aromatic N) is 1. The maximum atomic E-state index is 8.68. The summed E-state index contributed by atoms with van der Waals surface area (Å²) in [6, 6.07) is 20.2. The predicted molar refractivity (Wildman–Crippen MR) is 73.2 cm³/mol. The Morgan fingerprint density at radius 3 is 1.76 bits per heavy atom. The normalized spacial score (nSPS) is 9.35. The Kier molecular flexibility index (Phi) is 4.01. The summed E-state index contributed by atoms with van der Waals surface area (Å²) in [5.74, 6) is 0. The van der Waals surface area contributed by atoms with Crippen LogP contribution >= 0.6 is 11.8 Å². The number of thioether (sulfide) groups is 1. The molecule has 0 aliphatic heterocycles. The number of thiocyanates is 1. The van der Waals surface area contributed by atoms with Crippen LogP contribution in [0.2, 0.25) is 0 Å². The van der Waals surface area contributed by atoms with Crippen LogP contribution in [0.15, 0.2) is 66.1 Å². The molecular formula is C15H11NS. The Labute approximate surface area is 105 Å². The fraction of sp³-hybridized carbons (Fsp3) is 0. The van der Waals surface area contributed by atoms with E-state index in [-0.39, 0.29) is 0 Å². The van der Waals surface area contributed by atoms with Gasteiger partial charge in [-0.05, 0) is 33.9 Å². The Morgan fingerprint density at radius 2 is 1.35 bits per heavy atom. The highest BCUT2D eigenvalue weighted by atomic mass is 32.2. The van der Waals surface area contributed by atoms with E-state index in [2.05, 4.69) is 29.7 Å². The van der Waals surface area contributed by atoms with Crippen LogP contribution < -0.4 is 0 Å². The Balaban J connectivity index is 2.44. The summed E-state index contributed by atoms with van der Waals surface area (Å²) in [5.41, 5.74) is 3.33. The van der Waals surface area contributed by atoms with Crippen LogP contribution in [0.5, 0.6) is 0 Å². The van der Waals surface area contributed by atoms with Crippen molar-refractivity contribution in [2.24, 2.45) is 0 Å². The fourth-order valence-corrected chi connectivity index (χ4v) is 2.07. The van der Waals surface area contributed by atoms with Gasteiger partial charge in [0.2, 0.25) is 0 Å². The molecule has 0 fully saturated rings. The monoisotopic (exact) mass is 237 g/mol. The SMILES string of the molecule is N#CSC=C(c1ccccc1)c1ccccc1. The quantitative estimate of drug-likeness (QED) is 0.743. The van der Waals surface area contributed by atoms with Crippen molar-refractivity contribution in [1.29, 1.82) is 5.26 Å². The summed E-state index contributed by atoms with van der Waals surface area (Å²) in [6.45, 7) is 0. The van der Waals surface area contributed by atoms with Crippen LogP contribution in [-0.4, -0.2) is 0 Å². The minimum atomic E-state index is 1.08. The van der Waals surface area contributed by atoms with E-state index in [1.807, 2.05) is 41.8 Å². The summed E-state index contributed by atoms with van der Waals surface area (Å²) in [6.07, 6.45) is 0. The zero-order valence-electron chi connectivity index (χ0n) is 9.21. The molecule has 0 saturated carbocycles. The molecule has 2 aromatic rings. The molecule has 0 heterocycles. The Hall–Kier alpha value is -1.98. The predicted octanol–water partition coefficient (Wildman–Crippen LogP) is 4.29. The van der Waals surface area contributed by atoms with E-state index in [0.29, 0.717) is 0 Å². The van der Waals surface area contributed by atoms with E-state index in [0.717, 1.165) is 28.5 Å². The lowest BCUT2D eigenvalue weighted by Gasteiger charge is -2.07. The largest absolute Gasteiger partial charge is 0.185 e. The molecule has 0 aliphatic carbocycles. The van der Waals surface area contributed by atoms with Gasteiger partial charge in [0.1, 0.15) is 5.40 Å². The van der Waals surface area contributed by atoms with Crippen molar-refractivity contribution in [2.45, 2.75) is 0 Å². The van der Waals surface area contributed by atoms with Gasteiger partial charge >= 0.3 is 0 Å². The Bertz CT molecular complexity index is 497. The van der Waals surface area contributed by atoms with Gasteiger partial charge < -0.3 is 0 Å². The topological polar surface area (TPSA) is 23.8 Å². The van der Waals surface area contributed by atoms with Gasteiger partial charge in [-0.3, -0.25) is 0 Å². The van der Waals surface area contributed by atoms with Crippen LogP contribution in [0, 0.1) is 10.7 Å². The van der Waals surface area contributed by atoms with Crippen LogP contribution in [-0.2, 0) is 0 Å². The second-order valence-electron chi connectivity index (χ2n) is 3.47. The van der Waals surface area contributed by atoms with Crippen LogP contribution in [0.25, 0.3) is 5.57 Å². The molecule has 0 bridgehead atoms. The summed E-state index contributed by atoms with van der Waals surface area (Å²) in [4.78, 5) is 0. The van der Waals surface area contributed by atoms with Crippen molar-refractivity contribution in [3.05, 3.63) is 77.2 Å². The number of hydrogen-bond acceptors (Lipinski definition) is 2. The highest BCUT2D eigenvalue weighted by Crippen LogP contribution is 2.25. The van der Waals surface area contributed by atoms with Gasteiger partial charge in [0.05, 0.1) is 0 Å². The zero-order chi connectivity index (χ0) is 11.9. The average Bonchev–Trinajstić information content (AvgIpc) is 2.42. The third-order valence-corrected chi connectivity index (χ3v) is 2.86. The molecule has 0 unspecified atom stereocenters. The molecule has 2 heteroatoms. The van der Waals surface area contributed by atoms with Crippen LogP contribution in [0.3, 0.4) is 0 Å². The second kappa shape index (κ2) is 5.93. The van der Waals surface area contributed by atoms with Gasteiger partial charge in [-0.15, -0.1) is 0 Å². The first kappa shape index (κ1) is 11.5. The van der Waals surface area contributed by atoms with Crippen molar-refractivity contribution < 1.29 is 0 Å². The minimum Gasteiger partial charge on any atom is -0.185 e. The number of hydrogen-bond donors (Lipinski definition) is 0. The molecule has 0 spiro atoms. The highest BCUT2D eigenvalue weighted by molar-refractivity contribution is 8.06. The van der Waals surface area contributed by atoms with Crippen molar-refractivity contribution in [1.82, 2.24) is 0 Å². The van der Waals surface area contributed by atoms with E-state index in [1.54, 1.807) is 0 Å². The standard InChI is InChI=1S/C15H11NS/c16-12-17-11-15(13-7-3-1-4-8-13)14-9-5-2-6-10-14/h1-11H. The smallest absolute Gasteiger partial charge is 0.137 e. The van der Waals surface area contributed by atoms with E-state index >= 15 is 0 Å². The van der Waals surface area contributed by atoms with E-state index < -0.39 is 0 Å². The fourth-order valence-electron chi connectivity index (χ4n) is 1.62. The molecule has 0 saturated heterocycles. The molecule has 0 atom stereocenters. The molecule has 0 aromatic heterocycles. The first-order valence-electron chi connectivity index (χ1n) is 5.27. The van der Waals surface area contributed by atoms with Gasteiger partial charge in [0.15, 0.2) is 0 Å².